The van der Waals surface area contributed by atoms with Crippen LogP contribution in [0.2, 0.25) is 0 Å². The van der Waals surface area contributed by atoms with Crippen molar-refractivity contribution in [3.05, 3.63) is 35.5 Å². The maximum absolute atomic E-state index is 11.2. The SMILES string of the molecule is N#CC(C#N)=[N+]([O-])c1ccccc1. The van der Waals surface area contributed by atoms with Crippen molar-refractivity contribution in [2.24, 2.45) is 0 Å². The summed E-state index contributed by atoms with van der Waals surface area (Å²) in [7, 11) is 0. The standard InChI is InChI=1S/C9H5N3O/c10-6-9(7-11)12(13)8-4-2-1-3-5-8/h1-5H. The molecule has 0 bridgehead atoms. The zero-order valence-corrected chi connectivity index (χ0v) is 6.64. The molecule has 0 aromatic heterocycles. The van der Waals surface area contributed by atoms with Gasteiger partial charge in [-0.1, -0.05) is 18.2 Å². The highest BCUT2D eigenvalue weighted by atomic mass is 16.5. The van der Waals surface area contributed by atoms with Crippen LogP contribution in [0.25, 0.3) is 0 Å². The molecule has 0 fully saturated rings. The predicted molar refractivity (Wildman–Crippen MR) is 46.0 cm³/mol. The van der Waals surface area contributed by atoms with Gasteiger partial charge in [-0.05, 0) is 0 Å². The Morgan fingerprint density at radius 3 is 2.15 bits per heavy atom. The molecule has 0 atom stereocenters. The van der Waals surface area contributed by atoms with E-state index in [-0.39, 0.29) is 5.69 Å². The minimum absolute atomic E-state index is 0.278. The van der Waals surface area contributed by atoms with E-state index in [4.69, 9.17) is 10.5 Å². The molecule has 13 heavy (non-hydrogen) atoms. The predicted octanol–water partition coefficient (Wildman–Crippen LogP) is 1.32. The fraction of sp³-hybridized carbons (Fsp3) is 0. The molecule has 1 rings (SSSR count). The van der Waals surface area contributed by atoms with Gasteiger partial charge >= 0.3 is 5.71 Å². The fourth-order valence-electron chi connectivity index (χ4n) is 0.808. The lowest BCUT2D eigenvalue weighted by Crippen LogP contribution is -2.06. The largest absolute Gasteiger partial charge is 0.617 e. The Labute approximate surface area is 75.2 Å². The lowest BCUT2D eigenvalue weighted by molar-refractivity contribution is -0.357. The van der Waals surface area contributed by atoms with E-state index in [9.17, 15) is 5.21 Å². The van der Waals surface area contributed by atoms with Gasteiger partial charge in [0.05, 0.1) is 0 Å². The zero-order valence-electron chi connectivity index (χ0n) is 6.64. The van der Waals surface area contributed by atoms with Crippen LogP contribution in [0.15, 0.2) is 30.3 Å². The second-order valence-corrected chi connectivity index (χ2v) is 2.20. The molecule has 0 unspecified atom stereocenters. The molecule has 0 radical (unpaired) electrons. The summed E-state index contributed by atoms with van der Waals surface area (Å²) in [6, 6.07) is 11.2. The monoisotopic (exact) mass is 171 g/mol. The molecule has 0 aliphatic rings. The summed E-state index contributed by atoms with van der Waals surface area (Å²) in [6.45, 7) is 0. The lowest BCUT2D eigenvalue weighted by Gasteiger charge is -2.00. The molecule has 4 heteroatoms. The van der Waals surface area contributed by atoms with Crippen LogP contribution in [0.1, 0.15) is 0 Å². The van der Waals surface area contributed by atoms with Crippen molar-refractivity contribution in [2.45, 2.75) is 0 Å². The topological polar surface area (TPSA) is 73.6 Å². The van der Waals surface area contributed by atoms with Crippen LogP contribution in [0, 0.1) is 27.9 Å². The molecule has 0 amide bonds. The van der Waals surface area contributed by atoms with Crippen molar-refractivity contribution >= 4 is 11.4 Å². The van der Waals surface area contributed by atoms with E-state index < -0.39 is 5.71 Å². The molecule has 0 saturated heterocycles. The van der Waals surface area contributed by atoms with Gasteiger partial charge in [0.2, 0.25) is 5.69 Å². The van der Waals surface area contributed by atoms with Crippen LogP contribution in [0.3, 0.4) is 0 Å². The Hall–Kier alpha value is -2.33. The van der Waals surface area contributed by atoms with Crippen molar-refractivity contribution in [1.29, 1.82) is 10.5 Å². The van der Waals surface area contributed by atoms with E-state index in [0.717, 1.165) is 0 Å². The average Bonchev–Trinajstić information content (AvgIpc) is 2.21. The Balaban J connectivity index is 3.21. The molecule has 0 N–H and O–H groups in total. The zero-order chi connectivity index (χ0) is 9.68. The van der Waals surface area contributed by atoms with Gasteiger partial charge in [-0.25, -0.2) is 0 Å². The van der Waals surface area contributed by atoms with Gasteiger partial charge in [-0.2, -0.15) is 10.5 Å². The number of nitriles is 2. The summed E-state index contributed by atoms with van der Waals surface area (Å²) in [5.74, 6) is 0. The van der Waals surface area contributed by atoms with E-state index in [1.54, 1.807) is 18.2 Å². The molecular weight excluding hydrogens is 166 g/mol. The van der Waals surface area contributed by atoms with E-state index in [1.165, 1.54) is 24.3 Å². The Morgan fingerprint density at radius 2 is 1.69 bits per heavy atom. The van der Waals surface area contributed by atoms with Crippen molar-refractivity contribution in [3.8, 4) is 12.1 Å². The number of hydrogen-bond donors (Lipinski definition) is 0. The van der Waals surface area contributed by atoms with E-state index in [1.807, 2.05) is 0 Å². The van der Waals surface area contributed by atoms with Crippen molar-refractivity contribution in [1.82, 2.24) is 0 Å². The van der Waals surface area contributed by atoms with Gasteiger partial charge in [0.1, 0.15) is 0 Å². The maximum Gasteiger partial charge on any atom is 0.373 e. The van der Waals surface area contributed by atoms with E-state index >= 15 is 0 Å². The molecule has 0 spiro atoms. The Morgan fingerprint density at radius 1 is 1.15 bits per heavy atom. The summed E-state index contributed by atoms with van der Waals surface area (Å²) >= 11 is 0. The minimum atomic E-state index is -0.466. The van der Waals surface area contributed by atoms with Crippen LogP contribution in [0.4, 0.5) is 5.69 Å². The minimum Gasteiger partial charge on any atom is -0.617 e. The molecule has 0 heterocycles. The van der Waals surface area contributed by atoms with Crippen molar-refractivity contribution < 1.29 is 4.74 Å². The molecule has 62 valence electrons. The summed E-state index contributed by atoms with van der Waals surface area (Å²) < 4.78 is 0.306. The van der Waals surface area contributed by atoms with Crippen LogP contribution >= 0.6 is 0 Å². The van der Waals surface area contributed by atoms with Gasteiger partial charge in [0.15, 0.2) is 12.1 Å². The number of nitrogens with zero attached hydrogens (tertiary/aromatic N) is 3. The molecular formula is C9H5N3O. The van der Waals surface area contributed by atoms with Gasteiger partial charge in [-0.3, -0.25) is 0 Å². The quantitative estimate of drug-likeness (QED) is 0.277. The van der Waals surface area contributed by atoms with Gasteiger partial charge in [-0.15, -0.1) is 4.74 Å². The third-order valence-electron chi connectivity index (χ3n) is 1.41. The number of hydrogen-bond acceptors (Lipinski definition) is 3. The Kier molecular flexibility index (Phi) is 2.62. The second-order valence-electron chi connectivity index (χ2n) is 2.20. The lowest BCUT2D eigenvalue weighted by atomic mass is 10.3. The third kappa shape index (κ3) is 1.82. The highest BCUT2D eigenvalue weighted by molar-refractivity contribution is 6.07. The van der Waals surface area contributed by atoms with Gasteiger partial charge < -0.3 is 5.21 Å². The average molecular weight is 171 g/mol. The van der Waals surface area contributed by atoms with Crippen LogP contribution in [-0.4, -0.2) is 10.5 Å². The molecule has 0 aliphatic heterocycles. The number of rotatable bonds is 1. The van der Waals surface area contributed by atoms with Gasteiger partial charge in [0.25, 0.3) is 0 Å². The second kappa shape index (κ2) is 3.89. The van der Waals surface area contributed by atoms with Crippen LogP contribution in [-0.2, 0) is 0 Å². The van der Waals surface area contributed by atoms with Crippen LogP contribution < -0.4 is 0 Å². The highest BCUT2D eigenvalue weighted by Gasteiger charge is 2.08. The summed E-state index contributed by atoms with van der Waals surface area (Å²) in [5.41, 5.74) is -0.188. The van der Waals surface area contributed by atoms with E-state index in [0.29, 0.717) is 4.74 Å². The molecule has 4 nitrogen and oxygen atoms in total. The first-order valence-electron chi connectivity index (χ1n) is 3.49. The van der Waals surface area contributed by atoms with Crippen molar-refractivity contribution in [3.63, 3.8) is 0 Å². The highest BCUT2D eigenvalue weighted by Crippen LogP contribution is 2.08. The fourth-order valence-corrected chi connectivity index (χ4v) is 0.808. The first-order valence-corrected chi connectivity index (χ1v) is 3.49. The smallest absolute Gasteiger partial charge is 0.373 e. The van der Waals surface area contributed by atoms with E-state index in [2.05, 4.69) is 0 Å². The normalized spacial score (nSPS) is 8.15. The summed E-state index contributed by atoms with van der Waals surface area (Å²) in [5, 5.41) is 28.1. The molecule has 0 saturated carbocycles. The van der Waals surface area contributed by atoms with Crippen LogP contribution in [0.5, 0.6) is 0 Å². The Bertz CT molecular complexity index is 393. The first-order chi connectivity index (χ1) is 6.29. The molecule has 1 aromatic rings. The number of para-hydroxylation sites is 1. The summed E-state index contributed by atoms with van der Waals surface area (Å²) in [4.78, 5) is 0. The van der Waals surface area contributed by atoms with Gasteiger partial charge in [0, 0.05) is 12.1 Å². The molecule has 0 aliphatic carbocycles. The maximum atomic E-state index is 11.2. The number of benzene rings is 1. The van der Waals surface area contributed by atoms with Crippen molar-refractivity contribution in [2.75, 3.05) is 0 Å². The first kappa shape index (κ1) is 8.76. The third-order valence-corrected chi connectivity index (χ3v) is 1.41. The summed E-state index contributed by atoms with van der Waals surface area (Å²) in [6.07, 6.45) is 0. The molecule has 1 aromatic carbocycles.